The minimum atomic E-state index is -4.64. The second-order valence-corrected chi connectivity index (χ2v) is 9.08. The number of aromatic nitrogens is 1. The van der Waals surface area contributed by atoms with Crippen molar-refractivity contribution in [3.8, 4) is 5.75 Å². The molecule has 2 heterocycles. The molecule has 196 valence electrons. The first-order valence-corrected chi connectivity index (χ1v) is 11.3. The molecular weight excluding hydrogens is 500 g/mol. The molecule has 11 heteroatoms. The van der Waals surface area contributed by atoms with Crippen LogP contribution >= 0.6 is 0 Å². The van der Waals surface area contributed by atoms with Gasteiger partial charge in [0.25, 0.3) is 0 Å². The molecule has 1 aliphatic rings. The molecule has 2 aromatic carbocycles. The molecule has 1 saturated heterocycles. The molecule has 1 amide bonds. The highest BCUT2D eigenvalue weighted by Gasteiger charge is 2.44. The molecule has 2 unspecified atom stereocenters. The van der Waals surface area contributed by atoms with Gasteiger partial charge in [0, 0.05) is 11.3 Å². The van der Waals surface area contributed by atoms with Crippen molar-refractivity contribution in [2.24, 2.45) is 0 Å². The van der Waals surface area contributed by atoms with Crippen LogP contribution in [0.1, 0.15) is 43.3 Å². The van der Waals surface area contributed by atoms with E-state index < -0.39 is 47.8 Å². The Balaban J connectivity index is 1.67. The molecule has 1 fully saturated rings. The number of carbonyl (C=O) groups is 1. The Hall–Kier alpha value is -3.60. The van der Waals surface area contributed by atoms with E-state index in [1.165, 1.54) is 59.5 Å². The summed E-state index contributed by atoms with van der Waals surface area (Å²) in [6.45, 7) is 0.172. The molecule has 0 bridgehead atoms. The summed E-state index contributed by atoms with van der Waals surface area (Å²) in [5.41, 5.74) is -1.59. The largest absolute Gasteiger partial charge is 0.435 e. The van der Waals surface area contributed by atoms with Crippen molar-refractivity contribution in [2.45, 2.75) is 50.7 Å². The Morgan fingerprint density at radius 3 is 2.24 bits per heavy atom. The fourth-order valence-electron chi connectivity index (χ4n) is 4.43. The number of amides is 1. The normalized spacial score (nSPS) is 18.5. The molecule has 4 rings (SSSR count). The Kier molecular flexibility index (Phi) is 7.18. The van der Waals surface area contributed by atoms with Crippen molar-refractivity contribution in [1.29, 1.82) is 0 Å². The number of halogens is 6. The minimum Gasteiger partial charge on any atom is -0.435 e. The maximum absolute atomic E-state index is 14.8. The van der Waals surface area contributed by atoms with E-state index in [1.807, 2.05) is 0 Å². The van der Waals surface area contributed by atoms with Crippen LogP contribution in [-0.2, 0) is 16.5 Å². The van der Waals surface area contributed by atoms with Crippen molar-refractivity contribution in [2.75, 3.05) is 4.90 Å². The van der Waals surface area contributed by atoms with Crippen LogP contribution in [-0.4, -0.2) is 23.5 Å². The average molecular weight is 523 g/mol. The summed E-state index contributed by atoms with van der Waals surface area (Å²) >= 11 is 0. The summed E-state index contributed by atoms with van der Waals surface area (Å²) in [6.07, 6.45) is -4.54. The first-order chi connectivity index (χ1) is 17.4. The predicted octanol–water partition coefficient (Wildman–Crippen LogP) is 6.21. The maximum Gasteiger partial charge on any atom is 0.433 e. The lowest BCUT2D eigenvalue weighted by Gasteiger charge is -2.29. The van der Waals surface area contributed by atoms with Crippen LogP contribution in [0, 0.1) is 5.82 Å². The SMILES string of the molecule is CC(C)(NC1CC(c2ccccc2F)N(c2ccc(OC(F)F)cc2)C1=O)c1cccc(C(F)(F)F)n1. The average Bonchev–Trinajstić information content (AvgIpc) is 3.14. The molecule has 5 nitrogen and oxygen atoms in total. The summed E-state index contributed by atoms with van der Waals surface area (Å²) < 4.78 is 83.9. The number of hydrogen-bond acceptors (Lipinski definition) is 4. The number of rotatable bonds is 7. The third kappa shape index (κ3) is 5.71. The van der Waals surface area contributed by atoms with E-state index in [1.54, 1.807) is 19.9 Å². The van der Waals surface area contributed by atoms with Gasteiger partial charge >= 0.3 is 12.8 Å². The molecular formula is C26H23F6N3O2. The van der Waals surface area contributed by atoms with Gasteiger partial charge in [-0.05, 0) is 62.7 Å². The molecule has 0 aliphatic carbocycles. The van der Waals surface area contributed by atoms with Crippen LogP contribution in [0.25, 0.3) is 0 Å². The smallest absolute Gasteiger partial charge is 0.433 e. The maximum atomic E-state index is 14.8. The van der Waals surface area contributed by atoms with E-state index in [-0.39, 0.29) is 23.4 Å². The number of pyridine rings is 1. The summed E-state index contributed by atoms with van der Waals surface area (Å²) in [4.78, 5) is 18.7. The van der Waals surface area contributed by atoms with E-state index in [4.69, 9.17) is 0 Å². The summed E-state index contributed by atoms with van der Waals surface area (Å²) in [5.74, 6) is -1.11. The zero-order valence-corrected chi connectivity index (χ0v) is 19.8. The van der Waals surface area contributed by atoms with E-state index >= 15 is 0 Å². The first kappa shape index (κ1) is 26.5. The van der Waals surface area contributed by atoms with E-state index in [0.717, 1.165) is 6.07 Å². The monoisotopic (exact) mass is 523 g/mol. The van der Waals surface area contributed by atoms with E-state index in [9.17, 15) is 31.1 Å². The highest BCUT2D eigenvalue weighted by molar-refractivity contribution is 6.00. The molecule has 0 saturated carbocycles. The van der Waals surface area contributed by atoms with Gasteiger partial charge in [-0.3, -0.25) is 10.1 Å². The molecule has 37 heavy (non-hydrogen) atoms. The number of ether oxygens (including phenoxy) is 1. The Morgan fingerprint density at radius 2 is 1.62 bits per heavy atom. The number of nitrogens with one attached hydrogen (secondary N) is 1. The third-order valence-corrected chi connectivity index (χ3v) is 6.13. The highest BCUT2D eigenvalue weighted by atomic mass is 19.4. The van der Waals surface area contributed by atoms with Gasteiger partial charge in [0.05, 0.1) is 23.3 Å². The second kappa shape index (κ2) is 10.0. The van der Waals surface area contributed by atoms with Crippen LogP contribution in [0.3, 0.4) is 0 Å². The van der Waals surface area contributed by atoms with E-state index in [2.05, 4.69) is 15.0 Å². The van der Waals surface area contributed by atoms with Crippen molar-refractivity contribution < 1.29 is 35.9 Å². The van der Waals surface area contributed by atoms with Gasteiger partial charge in [-0.2, -0.15) is 22.0 Å². The van der Waals surface area contributed by atoms with Gasteiger partial charge < -0.3 is 9.64 Å². The highest BCUT2D eigenvalue weighted by Crippen LogP contribution is 2.40. The molecule has 0 radical (unpaired) electrons. The molecule has 1 N–H and O–H groups in total. The summed E-state index contributed by atoms with van der Waals surface area (Å²) in [7, 11) is 0. The van der Waals surface area contributed by atoms with Gasteiger partial charge in [0.15, 0.2) is 0 Å². The predicted molar refractivity (Wildman–Crippen MR) is 124 cm³/mol. The number of hydrogen-bond donors (Lipinski definition) is 1. The van der Waals surface area contributed by atoms with Crippen LogP contribution in [0.15, 0.2) is 66.7 Å². The van der Waals surface area contributed by atoms with E-state index in [0.29, 0.717) is 5.69 Å². The van der Waals surface area contributed by atoms with Crippen LogP contribution in [0.5, 0.6) is 5.75 Å². The van der Waals surface area contributed by atoms with Gasteiger partial charge in [-0.1, -0.05) is 24.3 Å². The number of benzene rings is 2. The van der Waals surface area contributed by atoms with Crippen molar-refractivity contribution in [1.82, 2.24) is 10.3 Å². The first-order valence-electron chi connectivity index (χ1n) is 11.3. The Bertz CT molecular complexity index is 1260. The fraction of sp³-hybridized carbons (Fsp3) is 0.308. The van der Waals surface area contributed by atoms with Crippen LogP contribution in [0.4, 0.5) is 32.0 Å². The lowest BCUT2D eigenvalue weighted by atomic mass is 9.96. The zero-order chi connectivity index (χ0) is 27.0. The van der Waals surface area contributed by atoms with Crippen LogP contribution in [0.2, 0.25) is 0 Å². The summed E-state index contributed by atoms with van der Waals surface area (Å²) in [6, 6.07) is 13.1. The van der Waals surface area contributed by atoms with Crippen molar-refractivity contribution in [3.63, 3.8) is 0 Å². The minimum absolute atomic E-state index is 0.0736. The zero-order valence-electron chi connectivity index (χ0n) is 19.8. The molecule has 1 aromatic heterocycles. The quantitative estimate of drug-likeness (QED) is 0.374. The van der Waals surface area contributed by atoms with Crippen LogP contribution < -0.4 is 15.0 Å². The molecule has 0 spiro atoms. The number of alkyl halides is 5. The Labute approximate surface area is 209 Å². The molecule has 2 atom stereocenters. The topological polar surface area (TPSA) is 54.5 Å². The lowest BCUT2D eigenvalue weighted by molar-refractivity contribution is -0.141. The number of carbonyl (C=O) groups excluding carboxylic acids is 1. The number of anilines is 1. The van der Waals surface area contributed by atoms with Crippen molar-refractivity contribution >= 4 is 11.6 Å². The van der Waals surface area contributed by atoms with Gasteiger partial charge in [-0.15, -0.1) is 0 Å². The van der Waals surface area contributed by atoms with Gasteiger partial charge in [0.1, 0.15) is 17.3 Å². The van der Waals surface area contributed by atoms with Gasteiger partial charge in [0.2, 0.25) is 5.91 Å². The summed E-state index contributed by atoms with van der Waals surface area (Å²) in [5, 5.41) is 3.09. The molecule has 3 aromatic rings. The second-order valence-electron chi connectivity index (χ2n) is 9.08. The fourth-order valence-corrected chi connectivity index (χ4v) is 4.43. The standard InChI is InChI=1S/C26H23F6N3O2/c1-25(2,21-8-5-9-22(33-21)26(30,31)32)34-19-14-20(17-6-3-4-7-18(17)27)35(23(19)36)15-10-12-16(13-11-15)37-24(28)29/h3-13,19-20,24,34H,14H2,1-2H3. The van der Waals surface area contributed by atoms with Crippen molar-refractivity contribution in [3.05, 3.63) is 89.5 Å². The third-order valence-electron chi connectivity index (χ3n) is 6.13. The lowest BCUT2D eigenvalue weighted by Crippen LogP contribution is -2.48. The molecule has 1 aliphatic heterocycles. The Morgan fingerprint density at radius 1 is 0.973 bits per heavy atom. The number of nitrogens with zero attached hydrogens (tertiary/aromatic N) is 2. The van der Waals surface area contributed by atoms with Gasteiger partial charge in [-0.25, -0.2) is 9.37 Å².